The second-order valence-electron chi connectivity index (χ2n) is 5.77. The minimum Gasteiger partial charge on any atom is -0.393 e. The van der Waals surface area contributed by atoms with E-state index in [0.717, 1.165) is 6.42 Å². The average molecular weight is 271 g/mol. The van der Waals surface area contributed by atoms with Crippen LogP contribution in [-0.2, 0) is 0 Å². The molecule has 100 valence electrons. The Bertz CT molecular complexity index is 442. The van der Waals surface area contributed by atoms with E-state index in [1.807, 2.05) is 0 Å². The number of carbonyl (C=O) groups is 1. The molecule has 2 N–H and O–H groups in total. The van der Waals surface area contributed by atoms with Gasteiger partial charge < -0.3 is 15.0 Å². The summed E-state index contributed by atoms with van der Waals surface area (Å²) in [5.74, 6) is -0.0518. The van der Waals surface area contributed by atoms with E-state index < -0.39 is 0 Å². The van der Waals surface area contributed by atoms with Crippen LogP contribution in [0.3, 0.4) is 0 Å². The van der Waals surface area contributed by atoms with Crippen LogP contribution in [0.15, 0.2) is 12.3 Å². The summed E-state index contributed by atoms with van der Waals surface area (Å²) in [6, 6.07) is 1.64. The first kappa shape index (κ1) is 13.4. The van der Waals surface area contributed by atoms with Gasteiger partial charge in [-0.25, -0.2) is 0 Å². The topological polar surface area (TPSA) is 56.3 Å². The monoisotopic (exact) mass is 270 g/mol. The third-order valence-electron chi connectivity index (χ3n) is 3.30. The molecule has 1 saturated heterocycles. The van der Waals surface area contributed by atoms with Gasteiger partial charge in [0.05, 0.1) is 11.1 Å². The number of hydrogen-bond donors (Lipinski definition) is 2. The van der Waals surface area contributed by atoms with Crippen molar-refractivity contribution in [2.75, 3.05) is 13.1 Å². The van der Waals surface area contributed by atoms with Crippen LogP contribution >= 0.6 is 11.6 Å². The number of hydrogen-bond acceptors (Lipinski definition) is 2. The maximum Gasteiger partial charge on any atom is 0.270 e. The van der Waals surface area contributed by atoms with E-state index in [0.29, 0.717) is 30.2 Å². The predicted molar refractivity (Wildman–Crippen MR) is 70.7 cm³/mol. The van der Waals surface area contributed by atoms with E-state index in [4.69, 9.17) is 11.6 Å². The first-order chi connectivity index (χ1) is 8.37. The molecule has 2 rings (SSSR count). The van der Waals surface area contributed by atoms with Crippen molar-refractivity contribution in [3.8, 4) is 0 Å². The number of aromatic nitrogens is 1. The van der Waals surface area contributed by atoms with Crippen molar-refractivity contribution in [2.45, 2.75) is 32.8 Å². The number of aromatic amines is 1. The lowest BCUT2D eigenvalue weighted by Gasteiger charge is -2.29. The van der Waals surface area contributed by atoms with Crippen molar-refractivity contribution in [1.29, 1.82) is 0 Å². The quantitative estimate of drug-likeness (QED) is 0.823. The Balaban J connectivity index is 2.15. The first-order valence-corrected chi connectivity index (χ1v) is 6.56. The van der Waals surface area contributed by atoms with Crippen molar-refractivity contribution in [3.05, 3.63) is 23.0 Å². The van der Waals surface area contributed by atoms with Gasteiger partial charge in [0.1, 0.15) is 5.69 Å². The summed E-state index contributed by atoms with van der Waals surface area (Å²) in [6.45, 7) is 5.38. The lowest BCUT2D eigenvalue weighted by molar-refractivity contribution is 0.0699. The molecule has 5 heteroatoms. The Morgan fingerprint density at radius 3 is 2.94 bits per heavy atom. The van der Waals surface area contributed by atoms with Gasteiger partial charge in [0.25, 0.3) is 5.91 Å². The van der Waals surface area contributed by atoms with Crippen LogP contribution in [0.1, 0.15) is 37.2 Å². The Kier molecular flexibility index (Phi) is 3.69. The van der Waals surface area contributed by atoms with Gasteiger partial charge in [0, 0.05) is 19.3 Å². The van der Waals surface area contributed by atoms with Gasteiger partial charge in [-0.3, -0.25) is 4.79 Å². The van der Waals surface area contributed by atoms with Crippen LogP contribution in [-0.4, -0.2) is 40.1 Å². The van der Waals surface area contributed by atoms with Crippen LogP contribution in [0.4, 0.5) is 0 Å². The molecule has 4 nitrogen and oxygen atoms in total. The van der Waals surface area contributed by atoms with Crippen molar-refractivity contribution < 1.29 is 9.90 Å². The third-order valence-corrected chi connectivity index (χ3v) is 3.52. The molecule has 1 aliphatic heterocycles. The summed E-state index contributed by atoms with van der Waals surface area (Å²) in [6.07, 6.45) is 2.63. The molecule has 0 spiro atoms. The highest BCUT2D eigenvalue weighted by atomic mass is 35.5. The average Bonchev–Trinajstić information content (AvgIpc) is 2.63. The van der Waals surface area contributed by atoms with Crippen molar-refractivity contribution in [2.24, 2.45) is 5.41 Å². The van der Waals surface area contributed by atoms with Gasteiger partial charge >= 0.3 is 0 Å². The molecule has 0 bridgehead atoms. The summed E-state index contributed by atoms with van der Waals surface area (Å²) in [4.78, 5) is 17.0. The molecule has 1 unspecified atom stereocenters. The molecule has 1 aromatic heterocycles. The number of nitrogens with zero attached hydrogens (tertiary/aromatic N) is 1. The molecule has 0 saturated carbocycles. The van der Waals surface area contributed by atoms with Gasteiger partial charge in [-0.15, -0.1) is 0 Å². The maximum atomic E-state index is 12.3. The number of halogens is 1. The fourth-order valence-electron chi connectivity index (χ4n) is 2.54. The molecule has 18 heavy (non-hydrogen) atoms. The lowest BCUT2D eigenvalue weighted by Crippen LogP contribution is -2.37. The molecule has 1 fully saturated rings. The minimum atomic E-state index is -0.329. The van der Waals surface area contributed by atoms with Crippen molar-refractivity contribution in [1.82, 2.24) is 9.88 Å². The van der Waals surface area contributed by atoms with E-state index in [9.17, 15) is 9.90 Å². The van der Waals surface area contributed by atoms with Crippen molar-refractivity contribution in [3.63, 3.8) is 0 Å². The highest BCUT2D eigenvalue weighted by Gasteiger charge is 2.31. The highest BCUT2D eigenvalue weighted by Crippen LogP contribution is 2.29. The number of aliphatic hydroxyl groups excluding tert-OH is 1. The van der Waals surface area contributed by atoms with Gasteiger partial charge in [-0.1, -0.05) is 25.4 Å². The summed E-state index contributed by atoms with van der Waals surface area (Å²) < 4.78 is 0. The Labute approximate surface area is 112 Å². The summed E-state index contributed by atoms with van der Waals surface area (Å²) in [5, 5.41) is 10.4. The molecule has 1 aromatic rings. The van der Waals surface area contributed by atoms with Crippen LogP contribution in [0.5, 0.6) is 0 Å². The number of likely N-dealkylation sites (tertiary alicyclic amines) is 1. The molecule has 1 aliphatic rings. The van der Waals surface area contributed by atoms with E-state index in [1.165, 1.54) is 0 Å². The number of carbonyl (C=O) groups excluding carboxylic acids is 1. The van der Waals surface area contributed by atoms with Gasteiger partial charge in [0.15, 0.2) is 0 Å². The molecule has 0 aromatic carbocycles. The Morgan fingerprint density at radius 2 is 2.33 bits per heavy atom. The molecule has 1 atom stereocenters. The lowest BCUT2D eigenvalue weighted by atomic mass is 9.87. The zero-order valence-corrected chi connectivity index (χ0v) is 11.5. The highest BCUT2D eigenvalue weighted by molar-refractivity contribution is 6.30. The second kappa shape index (κ2) is 4.94. The standard InChI is InChI=1S/C13H19ClN2O2/c1-13(2)6-10(17)3-4-16(8-13)12(18)11-5-9(14)7-15-11/h5,7,10,15,17H,3-4,6,8H2,1-2H3. The van der Waals surface area contributed by atoms with E-state index in [2.05, 4.69) is 18.8 Å². The molecular weight excluding hydrogens is 252 g/mol. The van der Waals surface area contributed by atoms with Crippen LogP contribution < -0.4 is 0 Å². The van der Waals surface area contributed by atoms with Crippen LogP contribution in [0, 0.1) is 5.41 Å². The van der Waals surface area contributed by atoms with E-state index in [1.54, 1.807) is 17.2 Å². The Hall–Kier alpha value is -1.00. The van der Waals surface area contributed by atoms with Crippen LogP contribution in [0.25, 0.3) is 0 Å². The van der Waals surface area contributed by atoms with E-state index in [-0.39, 0.29) is 17.4 Å². The molecule has 0 radical (unpaired) electrons. The molecular formula is C13H19ClN2O2. The summed E-state index contributed by atoms with van der Waals surface area (Å²) in [5.41, 5.74) is 0.439. The van der Waals surface area contributed by atoms with Gasteiger partial charge in [-0.05, 0) is 24.3 Å². The van der Waals surface area contributed by atoms with Gasteiger partial charge in [0.2, 0.25) is 0 Å². The maximum absolute atomic E-state index is 12.3. The van der Waals surface area contributed by atoms with Gasteiger partial charge in [-0.2, -0.15) is 0 Å². The first-order valence-electron chi connectivity index (χ1n) is 6.19. The number of rotatable bonds is 1. The minimum absolute atomic E-state index is 0.0518. The Morgan fingerprint density at radius 1 is 1.61 bits per heavy atom. The second-order valence-corrected chi connectivity index (χ2v) is 6.21. The summed E-state index contributed by atoms with van der Waals surface area (Å²) >= 11 is 5.81. The number of amides is 1. The predicted octanol–water partition coefficient (Wildman–Crippen LogP) is 2.29. The molecule has 2 heterocycles. The largest absolute Gasteiger partial charge is 0.393 e. The third kappa shape index (κ3) is 3.06. The number of aliphatic hydroxyl groups is 1. The number of nitrogens with one attached hydrogen (secondary N) is 1. The summed E-state index contributed by atoms with van der Waals surface area (Å²) in [7, 11) is 0. The molecule has 1 amide bonds. The fraction of sp³-hybridized carbons (Fsp3) is 0.615. The SMILES string of the molecule is CC1(C)CC(O)CCN(C(=O)c2cc(Cl)c[nH]2)C1. The van der Waals surface area contributed by atoms with E-state index >= 15 is 0 Å². The van der Waals surface area contributed by atoms with Crippen molar-refractivity contribution >= 4 is 17.5 Å². The zero-order valence-electron chi connectivity index (χ0n) is 10.7. The number of H-pyrrole nitrogens is 1. The molecule has 0 aliphatic carbocycles. The normalized spacial score (nSPS) is 23.8. The zero-order chi connectivity index (χ0) is 13.3. The van der Waals surface area contributed by atoms with Crippen LogP contribution in [0.2, 0.25) is 5.02 Å². The fourth-order valence-corrected chi connectivity index (χ4v) is 2.70. The smallest absolute Gasteiger partial charge is 0.270 e.